The minimum Gasteiger partial charge on any atom is -0.457 e. The largest absolute Gasteiger partial charge is 0.457 e. The highest BCUT2D eigenvalue weighted by Gasteiger charge is 2.20. The van der Waals surface area contributed by atoms with E-state index in [0.29, 0.717) is 17.2 Å². The first-order chi connectivity index (χ1) is 14.3. The third-order valence-corrected chi connectivity index (χ3v) is 5.11. The Morgan fingerprint density at radius 1 is 0.833 bits per heavy atom. The lowest BCUT2D eigenvalue weighted by atomic mass is 10.2. The molecule has 3 aromatic carbocycles. The standard InChI is InChI=1S/C22H19NO6S/c1-30(26,27)20-10-6-5-9-19(20)22(25)28-15-21(24)23-16-11-13-18(14-12-16)29-17-7-3-2-4-8-17/h2-14H,15H2,1H3,(H,23,24). The molecule has 0 saturated carbocycles. The maximum atomic E-state index is 12.2. The van der Waals surface area contributed by atoms with Crippen molar-refractivity contribution < 1.29 is 27.5 Å². The van der Waals surface area contributed by atoms with Gasteiger partial charge < -0.3 is 14.8 Å². The van der Waals surface area contributed by atoms with Crippen molar-refractivity contribution in [3.8, 4) is 11.5 Å². The van der Waals surface area contributed by atoms with E-state index < -0.39 is 28.3 Å². The lowest BCUT2D eigenvalue weighted by molar-refractivity contribution is -0.119. The van der Waals surface area contributed by atoms with Crippen LogP contribution in [0.15, 0.2) is 83.8 Å². The van der Waals surface area contributed by atoms with E-state index in [9.17, 15) is 18.0 Å². The van der Waals surface area contributed by atoms with E-state index in [4.69, 9.17) is 9.47 Å². The molecule has 30 heavy (non-hydrogen) atoms. The first-order valence-corrected chi connectivity index (χ1v) is 10.8. The molecule has 3 rings (SSSR count). The molecule has 0 aliphatic rings. The van der Waals surface area contributed by atoms with Crippen LogP contribution in [0.4, 0.5) is 5.69 Å². The van der Waals surface area contributed by atoms with Crippen molar-refractivity contribution >= 4 is 27.4 Å². The van der Waals surface area contributed by atoms with Gasteiger partial charge in [-0.1, -0.05) is 30.3 Å². The molecule has 8 heteroatoms. The number of esters is 1. The second kappa shape index (κ2) is 9.23. The van der Waals surface area contributed by atoms with Gasteiger partial charge in [-0.15, -0.1) is 0 Å². The number of nitrogens with one attached hydrogen (secondary N) is 1. The average Bonchev–Trinajstić information content (AvgIpc) is 2.73. The van der Waals surface area contributed by atoms with Gasteiger partial charge in [0.25, 0.3) is 5.91 Å². The van der Waals surface area contributed by atoms with Gasteiger partial charge in [0, 0.05) is 11.9 Å². The highest BCUT2D eigenvalue weighted by molar-refractivity contribution is 7.90. The van der Waals surface area contributed by atoms with Crippen molar-refractivity contribution in [2.45, 2.75) is 4.90 Å². The number of benzene rings is 3. The van der Waals surface area contributed by atoms with E-state index in [-0.39, 0.29) is 10.5 Å². The maximum Gasteiger partial charge on any atom is 0.339 e. The molecule has 0 radical (unpaired) electrons. The molecule has 0 heterocycles. The molecule has 0 aliphatic heterocycles. The number of rotatable bonds is 7. The SMILES string of the molecule is CS(=O)(=O)c1ccccc1C(=O)OCC(=O)Nc1ccc(Oc2ccccc2)cc1. The van der Waals surface area contributed by atoms with Crippen LogP contribution in [-0.4, -0.2) is 33.2 Å². The Morgan fingerprint density at radius 3 is 2.10 bits per heavy atom. The summed E-state index contributed by atoms with van der Waals surface area (Å²) in [5.74, 6) is -0.159. The smallest absolute Gasteiger partial charge is 0.339 e. The Labute approximate surface area is 174 Å². The Kier molecular flexibility index (Phi) is 6.48. The van der Waals surface area contributed by atoms with Gasteiger partial charge in [0.2, 0.25) is 0 Å². The third kappa shape index (κ3) is 5.68. The Hall–Kier alpha value is -3.65. The van der Waals surface area contributed by atoms with Crippen LogP contribution in [0.25, 0.3) is 0 Å². The zero-order chi connectivity index (χ0) is 21.6. The molecule has 0 bridgehead atoms. The number of ether oxygens (including phenoxy) is 2. The number of anilines is 1. The molecule has 7 nitrogen and oxygen atoms in total. The number of hydrogen-bond donors (Lipinski definition) is 1. The van der Waals surface area contributed by atoms with Gasteiger partial charge >= 0.3 is 5.97 Å². The van der Waals surface area contributed by atoms with Crippen molar-refractivity contribution in [1.29, 1.82) is 0 Å². The van der Waals surface area contributed by atoms with Crippen molar-refractivity contribution in [1.82, 2.24) is 0 Å². The minimum atomic E-state index is -3.61. The van der Waals surface area contributed by atoms with Crippen LogP contribution in [0, 0.1) is 0 Å². The molecule has 3 aromatic rings. The maximum absolute atomic E-state index is 12.2. The molecule has 0 aliphatic carbocycles. The van der Waals surface area contributed by atoms with Crippen LogP contribution in [0.1, 0.15) is 10.4 Å². The number of carbonyl (C=O) groups excluding carboxylic acids is 2. The first kappa shape index (κ1) is 21.1. The van der Waals surface area contributed by atoms with E-state index in [1.54, 1.807) is 24.3 Å². The summed E-state index contributed by atoms with van der Waals surface area (Å²) in [6.07, 6.45) is 0.997. The van der Waals surface area contributed by atoms with Gasteiger partial charge in [0.05, 0.1) is 10.5 Å². The van der Waals surface area contributed by atoms with Crippen molar-refractivity contribution in [2.24, 2.45) is 0 Å². The fourth-order valence-corrected chi connectivity index (χ4v) is 3.47. The van der Waals surface area contributed by atoms with Crippen molar-refractivity contribution in [2.75, 3.05) is 18.2 Å². The molecule has 0 unspecified atom stereocenters. The van der Waals surface area contributed by atoms with Crippen LogP contribution in [0.5, 0.6) is 11.5 Å². The van der Waals surface area contributed by atoms with Gasteiger partial charge in [-0.3, -0.25) is 4.79 Å². The summed E-state index contributed by atoms with van der Waals surface area (Å²) in [4.78, 5) is 24.1. The normalized spacial score (nSPS) is 10.8. The minimum absolute atomic E-state index is 0.116. The average molecular weight is 425 g/mol. The van der Waals surface area contributed by atoms with Gasteiger partial charge in [-0.2, -0.15) is 0 Å². The lowest BCUT2D eigenvalue weighted by Crippen LogP contribution is -2.21. The molecule has 0 spiro atoms. The Balaban J connectivity index is 1.56. The van der Waals surface area contributed by atoms with E-state index in [0.717, 1.165) is 6.26 Å². The van der Waals surface area contributed by atoms with Gasteiger partial charge in [0.1, 0.15) is 11.5 Å². The Morgan fingerprint density at radius 2 is 1.43 bits per heavy atom. The van der Waals surface area contributed by atoms with Crippen molar-refractivity contribution in [3.63, 3.8) is 0 Å². The zero-order valence-corrected chi connectivity index (χ0v) is 16.9. The van der Waals surface area contributed by atoms with Gasteiger partial charge in [-0.25, -0.2) is 13.2 Å². The molecule has 0 saturated heterocycles. The monoisotopic (exact) mass is 425 g/mol. The number of carbonyl (C=O) groups is 2. The highest BCUT2D eigenvalue weighted by Crippen LogP contribution is 2.22. The predicted molar refractivity (Wildman–Crippen MR) is 111 cm³/mol. The molecular weight excluding hydrogens is 406 g/mol. The number of amides is 1. The van der Waals surface area contributed by atoms with E-state index in [1.165, 1.54) is 24.3 Å². The second-order valence-corrected chi connectivity index (χ2v) is 8.32. The summed E-state index contributed by atoms with van der Waals surface area (Å²) in [5, 5.41) is 2.59. The highest BCUT2D eigenvalue weighted by atomic mass is 32.2. The van der Waals surface area contributed by atoms with Crippen LogP contribution in [0.2, 0.25) is 0 Å². The van der Waals surface area contributed by atoms with Crippen LogP contribution >= 0.6 is 0 Å². The number of hydrogen-bond acceptors (Lipinski definition) is 6. The third-order valence-electron chi connectivity index (χ3n) is 3.96. The van der Waals surface area contributed by atoms with E-state index in [2.05, 4.69) is 5.32 Å². The van der Waals surface area contributed by atoms with E-state index >= 15 is 0 Å². The first-order valence-electron chi connectivity index (χ1n) is 8.92. The summed E-state index contributed by atoms with van der Waals surface area (Å²) in [6.45, 7) is -0.556. The zero-order valence-electron chi connectivity index (χ0n) is 16.1. The van der Waals surface area contributed by atoms with Gasteiger partial charge in [-0.05, 0) is 48.5 Å². The summed E-state index contributed by atoms with van der Waals surface area (Å²) in [6, 6.07) is 21.6. The molecule has 1 N–H and O–H groups in total. The van der Waals surface area contributed by atoms with Crippen LogP contribution in [-0.2, 0) is 19.4 Å². The molecular formula is C22H19NO6S. The summed E-state index contributed by atoms with van der Waals surface area (Å²) < 4.78 is 34.2. The quantitative estimate of drug-likeness (QED) is 0.580. The summed E-state index contributed by atoms with van der Waals surface area (Å²) in [5.41, 5.74) is 0.378. The molecule has 0 fully saturated rings. The molecule has 0 atom stereocenters. The molecule has 0 aromatic heterocycles. The summed E-state index contributed by atoms with van der Waals surface area (Å²) >= 11 is 0. The number of sulfone groups is 1. The van der Waals surface area contributed by atoms with Gasteiger partial charge in [0.15, 0.2) is 16.4 Å². The fourth-order valence-electron chi connectivity index (χ4n) is 2.60. The summed E-state index contributed by atoms with van der Waals surface area (Å²) in [7, 11) is -3.61. The fraction of sp³-hybridized carbons (Fsp3) is 0.0909. The molecule has 154 valence electrons. The molecule has 1 amide bonds. The lowest BCUT2D eigenvalue weighted by Gasteiger charge is -2.10. The second-order valence-electron chi connectivity index (χ2n) is 6.33. The van der Waals surface area contributed by atoms with Crippen LogP contribution in [0.3, 0.4) is 0 Å². The van der Waals surface area contributed by atoms with E-state index in [1.807, 2.05) is 30.3 Å². The van der Waals surface area contributed by atoms with Crippen molar-refractivity contribution in [3.05, 3.63) is 84.4 Å². The Bertz CT molecular complexity index is 1140. The van der Waals surface area contributed by atoms with Crippen LogP contribution < -0.4 is 10.1 Å². The topological polar surface area (TPSA) is 98.8 Å². The number of para-hydroxylation sites is 1. The predicted octanol–water partition coefficient (Wildman–Crippen LogP) is 3.68.